The molecule has 3 nitrogen and oxygen atoms in total. The molecule has 0 radical (unpaired) electrons. The minimum atomic E-state index is -0.336. The molecule has 0 spiro atoms. The molecule has 2 fully saturated rings. The van der Waals surface area contributed by atoms with E-state index in [-0.39, 0.29) is 35.9 Å². The maximum atomic E-state index is 13.6. The second-order valence-corrected chi connectivity index (χ2v) is 6.81. The van der Waals surface area contributed by atoms with E-state index in [9.17, 15) is 14.0 Å². The number of nitrogens with one attached hydrogen (secondary N) is 1. The molecule has 2 amide bonds. The number of amides is 2. The molecule has 5 heteroatoms. The zero-order chi connectivity index (χ0) is 15.0. The number of piperidine rings is 1. The third kappa shape index (κ3) is 2.89. The van der Waals surface area contributed by atoms with Crippen LogP contribution < -0.4 is 5.32 Å². The fourth-order valence-corrected chi connectivity index (χ4v) is 4.28. The number of hydrogen-bond acceptors (Lipinski definition) is 2. The fourth-order valence-electron chi connectivity index (χ4n) is 3.74. The van der Waals surface area contributed by atoms with E-state index in [0.717, 1.165) is 35.7 Å². The van der Waals surface area contributed by atoms with Crippen molar-refractivity contribution in [3.63, 3.8) is 0 Å². The second-order valence-electron chi connectivity index (χ2n) is 5.96. The molecule has 0 aromatic heterocycles. The summed E-state index contributed by atoms with van der Waals surface area (Å²) in [6.07, 6.45) is 4.51. The van der Waals surface area contributed by atoms with Crippen molar-refractivity contribution in [2.75, 3.05) is 0 Å². The van der Waals surface area contributed by atoms with E-state index in [1.54, 1.807) is 6.07 Å². The van der Waals surface area contributed by atoms with Gasteiger partial charge >= 0.3 is 0 Å². The van der Waals surface area contributed by atoms with Gasteiger partial charge in [0.2, 0.25) is 11.8 Å². The van der Waals surface area contributed by atoms with Crippen LogP contribution in [0.2, 0.25) is 0 Å². The summed E-state index contributed by atoms with van der Waals surface area (Å²) in [6, 6.07) is 4.47. The standard InChI is InChI=1S/C16H17BrFNO2/c17-13-6-5-10(18)7-11(13)12-8-14(20)19-16(21)15(12)9-3-1-2-4-9/h5-7,9,12,15H,1-4,8H2,(H,19,20,21). The second kappa shape index (κ2) is 5.87. The number of rotatable bonds is 2. The Bertz CT molecular complexity index is 584. The molecule has 1 heterocycles. The number of imide groups is 1. The Labute approximate surface area is 131 Å². The van der Waals surface area contributed by atoms with E-state index in [1.165, 1.54) is 12.1 Å². The monoisotopic (exact) mass is 353 g/mol. The molecule has 1 N–H and O–H groups in total. The van der Waals surface area contributed by atoms with E-state index in [2.05, 4.69) is 21.2 Å². The zero-order valence-corrected chi connectivity index (χ0v) is 13.2. The van der Waals surface area contributed by atoms with Crippen molar-refractivity contribution in [1.29, 1.82) is 0 Å². The molecule has 2 aliphatic rings. The first-order chi connectivity index (χ1) is 10.1. The van der Waals surface area contributed by atoms with Crippen LogP contribution in [0.4, 0.5) is 4.39 Å². The third-order valence-electron chi connectivity index (χ3n) is 4.67. The zero-order valence-electron chi connectivity index (χ0n) is 11.6. The first kappa shape index (κ1) is 14.7. The number of halogens is 2. The lowest BCUT2D eigenvalue weighted by atomic mass is 9.73. The van der Waals surface area contributed by atoms with Crippen LogP contribution >= 0.6 is 15.9 Å². The van der Waals surface area contributed by atoms with Crippen molar-refractivity contribution in [2.45, 2.75) is 38.0 Å². The molecule has 112 valence electrons. The average molecular weight is 354 g/mol. The number of hydrogen-bond donors (Lipinski definition) is 1. The first-order valence-electron chi connectivity index (χ1n) is 7.35. The lowest BCUT2D eigenvalue weighted by Crippen LogP contribution is -2.47. The topological polar surface area (TPSA) is 46.2 Å². The van der Waals surface area contributed by atoms with E-state index < -0.39 is 0 Å². The summed E-state index contributed by atoms with van der Waals surface area (Å²) in [4.78, 5) is 24.1. The van der Waals surface area contributed by atoms with Crippen LogP contribution in [0.1, 0.15) is 43.6 Å². The predicted octanol–water partition coefficient (Wildman–Crippen LogP) is 3.52. The van der Waals surface area contributed by atoms with Crippen LogP contribution in [0.25, 0.3) is 0 Å². The van der Waals surface area contributed by atoms with Crippen molar-refractivity contribution in [3.8, 4) is 0 Å². The maximum Gasteiger partial charge on any atom is 0.230 e. The lowest BCUT2D eigenvalue weighted by Gasteiger charge is -2.34. The summed E-state index contributed by atoms with van der Waals surface area (Å²) >= 11 is 3.43. The highest BCUT2D eigenvalue weighted by atomic mass is 79.9. The molecule has 2 atom stereocenters. The van der Waals surface area contributed by atoms with Crippen molar-refractivity contribution < 1.29 is 14.0 Å². The molecule has 21 heavy (non-hydrogen) atoms. The van der Waals surface area contributed by atoms with E-state index in [0.29, 0.717) is 5.92 Å². The number of benzene rings is 1. The van der Waals surface area contributed by atoms with Crippen molar-refractivity contribution >= 4 is 27.7 Å². The molecule has 3 rings (SSSR count). The Kier molecular flexibility index (Phi) is 4.11. The molecule has 1 aromatic carbocycles. The van der Waals surface area contributed by atoms with Gasteiger partial charge in [0.05, 0.1) is 0 Å². The molecular weight excluding hydrogens is 337 g/mol. The average Bonchev–Trinajstić information content (AvgIpc) is 2.94. The minimum Gasteiger partial charge on any atom is -0.296 e. The van der Waals surface area contributed by atoms with Crippen LogP contribution in [0.15, 0.2) is 22.7 Å². The summed E-state index contributed by atoms with van der Waals surface area (Å²) in [5, 5.41) is 2.45. The molecule has 0 bridgehead atoms. The molecule has 1 aliphatic heterocycles. The van der Waals surface area contributed by atoms with Gasteiger partial charge in [-0.1, -0.05) is 28.8 Å². The van der Waals surface area contributed by atoms with Crippen LogP contribution in [0.3, 0.4) is 0 Å². The Balaban J connectivity index is 2.00. The summed E-state index contributed by atoms with van der Waals surface area (Å²) < 4.78 is 14.4. The predicted molar refractivity (Wildman–Crippen MR) is 80.1 cm³/mol. The van der Waals surface area contributed by atoms with Crippen molar-refractivity contribution in [2.24, 2.45) is 11.8 Å². The normalized spacial score (nSPS) is 27.0. The smallest absolute Gasteiger partial charge is 0.230 e. The Morgan fingerprint density at radius 1 is 1.19 bits per heavy atom. The van der Waals surface area contributed by atoms with Crippen molar-refractivity contribution in [1.82, 2.24) is 5.32 Å². The first-order valence-corrected chi connectivity index (χ1v) is 8.14. The van der Waals surface area contributed by atoms with Gasteiger partial charge in [-0.3, -0.25) is 14.9 Å². The summed E-state index contributed by atoms with van der Waals surface area (Å²) in [6.45, 7) is 0. The minimum absolute atomic E-state index is 0.195. The van der Waals surface area contributed by atoms with Gasteiger partial charge in [0, 0.05) is 22.7 Å². The van der Waals surface area contributed by atoms with Crippen molar-refractivity contribution in [3.05, 3.63) is 34.1 Å². The highest BCUT2D eigenvalue weighted by molar-refractivity contribution is 9.10. The van der Waals surface area contributed by atoms with Crippen LogP contribution in [0, 0.1) is 17.7 Å². The Hall–Kier alpha value is -1.23. The highest BCUT2D eigenvalue weighted by Crippen LogP contribution is 2.44. The van der Waals surface area contributed by atoms with E-state index >= 15 is 0 Å². The van der Waals surface area contributed by atoms with Gasteiger partial charge in [0.15, 0.2) is 0 Å². The van der Waals surface area contributed by atoms with Gasteiger partial charge < -0.3 is 0 Å². The molecular formula is C16H17BrFNO2. The van der Waals surface area contributed by atoms with E-state index in [4.69, 9.17) is 0 Å². The molecule has 2 unspecified atom stereocenters. The Morgan fingerprint density at radius 3 is 2.62 bits per heavy atom. The largest absolute Gasteiger partial charge is 0.296 e. The van der Waals surface area contributed by atoms with Gasteiger partial charge in [-0.25, -0.2) is 4.39 Å². The quantitative estimate of drug-likeness (QED) is 0.826. The summed E-state index contributed by atoms with van der Waals surface area (Å²) in [7, 11) is 0. The van der Waals surface area contributed by atoms with Crippen LogP contribution in [-0.4, -0.2) is 11.8 Å². The fraction of sp³-hybridized carbons (Fsp3) is 0.500. The summed E-state index contributed by atoms with van der Waals surface area (Å²) in [5.41, 5.74) is 0.732. The van der Waals surface area contributed by atoms with Crippen LogP contribution in [0.5, 0.6) is 0 Å². The molecule has 1 aromatic rings. The SMILES string of the molecule is O=C1CC(c2cc(F)ccc2Br)C(C2CCCC2)C(=O)N1. The van der Waals surface area contributed by atoms with Gasteiger partial charge in [0.25, 0.3) is 0 Å². The maximum absolute atomic E-state index is 13.6. The van der Waals surface area contributed by atoms with Gasteiger partial charge in [-0.2, -0.15) is 0 Å². The third-order valence-corrected chi connectivity index (χ3v) is 5.39. The lowest BCUT2D eigenvalue weighted by molar-refractivity contribution is -0.138. The molecule has 1 saturated carbocycles. The highest BCUT2D eigenvalue weighted by Gasteiger charge is 2.42. The number of carbonyl (C=O) groups excluding carboxylic acids is 2. The Morgan fingerprint density at radius 2 is 1.90 bits per heavy atom. The van der Waals surface area contributed by atoms with Gasteiger partial charge in [-0.15, -0.1) is 0 Å². The van der Waals surface area contributed by atoms with Gasteiger partial charge in [0.1, 0.15) is 5.82 Å². The van der Waals surface area contributed by atoms with Gasteiger partial charge in [-0.05, 0) is 42.5 Å². The molecule has 1 saturated heterocycles. The van der Waals surface area contributed by atoms with Crippen LogP contribution in [-0.2, 0) is 9.59 Å². The van der Waals surface area contributed by atoms with E-state index in [1.807, 2.05) is 0 Å². The molecule has 1 aliphatic carbocycles. The number of carbonyl (C=O) groups is 2. The summed E-state index contributed by atoms with van der Waals surface area (Å²) in [5.74, 6) is -0.979.